The Morgan fingerprint density at radius 1 is 0.857 bits per heavy atom. The summed E-state index contributed by atoms with van der Waals surface area (Å²) in [5, 5.41) is 19.8. The van der Waals surface area contributed by atoms with Crippen LogP contribution in [0.2, 0.25) is 5.02 Å². The molecule has 2 aliphatic rings. The zero-order valence-electron chi connectivity index (χ0n) is 27.4. The molecule has 0 unspecified atom stereocenters. The lowest BCUT2D eigenvalue weighted by Crippen LogP contribution is -2.44. The number of nitrogens with zero attached hydrogens (tertiary/aromatic N) is 1. The SMILES string of the molecule is COc1ccc(C(=O)O)cc1COc1cc(OCc2cccc(-c3ccc4c(c3)OCCO4)c2C)c(Cl)cc1CN1CCCC[C@H]1C(=O)O. The molecule has 2 N–H and O–H groups in total. The van der Waals surface area contributed by atoms with Crippen LogP contribution in [0.25, 0.3) is 11.1 Å². The Bertz CT molecular complexity index is 1860. The number of carboxylic acid groups (broad SMARTS) is 2. The zero-order chi connectivity index (χ0) is 34.5. The van der Waals surface area contributed by atoms with Crippen molar-refractivity contribution in [3.8, 4) is 39.9 Å². The van der Waals surface area contributed by atoms with Crippen LogP contribution in [-0.2, 0) is 24.6 Å². The van der Waals surface area contributed by atoms with Gasteiger partial charge in [0, 0.05) is 23.7 Å². The number of ether oxygens (including phenoxy) is 5. The van der Waals surface area contributed by atoms with Crippen LogP contribution in [0.3, 0.4) is 0 Å². The number of hydrogen-bond acceptors (Lipinski definition) is 8. The summed E-state index contributed by atoms with van der Waals surface area (Å²) >= 11 is 6.81. The number of halogens is 1. The number of rotatable bonds is 12. The molecule has 4 aromatic carbocycles. The molecule has 1 fully saturated rings. The largest absolute Gasteiger partial charge is 0.496 e. The number of methoxy groups -OCH3 is 1. The maximum Gasteiger partial charge on any atom is 0.335 e. The number of carbonyl (C=O) groups is 2. The molecule has 10 nitrogen and oxygen atoms in total. The third-order valence-corrected chi connectivity index (χ3v) is 9.28. The average Bonchev–Trinajstić information content (AvgIpc) is 3.11. The highest BCUT2D eigenvalue weighted by atomic mass is 35.5. The molecule has 2 aliphatic heterocycles. The standard InChI is InChI=1S/C38H38ClNO9/c1-23-26(6-5-7-29(23)24-9-12-33-36(18-24)47-15-14-46-33)21-49-35-19-34(48-22-28-16-25(37(41)42)10-11-32(28)45-2)27(17-30(35)39)20-40-13-4-3-8-31(40)38(43)44/h5-7,9-12,16-19,31H,3-4,8,13-15,20-22H2,1-2H3,(H,41,42)(H,43,44)/t31-/m0/s1. The first-order chi connectivity index (χ1) is 23.7. The van der Waals surface area contributed by atoms with Gasteiger partial charge in [-0.3, -0.25) is 9.69 Å². The Hall–Kier alpha value is -4.93. The van der Waals surface area contributed by atoms with Crippen LogP contribution in [0.15, 0.2) is 66.7 Å². The van der Waals surface area contributed by atoms with Gasteiger partial charge < -0.3 is 33.9 Å². The lowest BCUT2D eigenvalue weighted by molar-refractivity contribution is -0.144. The van der Waals surface area contributed by atoms with Crippen LogP contribution >= 0.6 is 11.6 Å². The maximum absolute atomic E-state index is 12.1. The van der Waals surface area contributed by atoms with Crippen molar-refractivity contribution in [1.82, 2.24) is 4.90 Å². The topological polar surface area (TPSA) is 124 Å². The molecule has 2 heterocycles. The van der Waals surface area contributed by atoms with Gasteiger partial charge in [0.25, 0.3) is 0 Å². The normalized spacial score (nSPS) is 15.8. The van der Waals surface area contributed by atoms with E-state index in [2.05, 4.69) is 6.07 Å². The van der Waals surface area contributed by atoms with Gasteiger partial charge in [-0.05, 0) is 85.0 Å². The number of likely N-dealkylation sites (tertiary alicyclic amines) is 1. The van der Waals surface area contributed by atoms with Gasteiger partial charge in [-0.1, -0.05) is 42.3 Å². The molecule has 1 saturated heterocycles. The molecule has 256 valence electrons. The third kappa shape index (κ3) is 7.71. The Morgan fingerprint density at radius 3 is 2.41 bits per heavy atom. The molecule has 0 spiro atoms. The number of hydrogen-bond donors (Lipinski definition) is 2. The van der Waals surface area contributed by atoms with Crippen LogP contribution in [0, 0.1) is 6.92 Å². The number of aromatic carboxylic acids is 1. The van der Waals surface area contributed by atoms with Gasteiger partial charge in [-0.2, -0.15) is 0 Å². The summed E-state index contributed by atoms with van der Waals surface area (Å²) < 4.78 is 29.6. The van der Waals surface area contributed by atoms with Gasteiger partial charge in [0.05, 0.1) is 17.7 Å². The minimum Gasteiger partial charge on any atom is -0.496 e. The van der Waals surface area contributed by atoms with E-state index < -0.39 is 18.0 Å². The molecule has 4 aromatic rings. The van der Waals surface area contributed by atoms with E-state index in [1.54, 1.807) is 18.2 Å². The highest BCUT2D eigenvalue weighted by Gasteiger charge is 2.29. The van der Waals surface area contributed by atoms with Gasteiger partial charge in [0.1, 0.15) is 49.7 Å². The minimum absolute atomic E-state index is 0.00257. The van der Waals surface area contributed by atoms with Gasteiger partial charge in [0.15, 0.2) is 11.5 Å². The van der Waals surface area contributed by atoms with E-state index in [0.717, 1.165) is 46.6 Å². The summed E-state index contributed by atoms with van der Waals surface area (Å²) in [7, 11) is 1.51. The zero-order valence-corrected chi connectivity index (χ0v) is 28.1. The van der Waals surface area contributed by atoms with Crippen molar-refractivity contribution in [3.63, 3.8) is 0 Å². The lowest BCUT2D eigenvalue weighted by Gasteiger charge is -2.33. The fourth-order valence-corrected chi connectivity index (χ4v) is 6.56. The quantitative estimate of drug-likeness (QED) is 0.156. The molecule has 0 amide bonds. The predicted octanol–water partition coefficient (Wildman–Crippen LogP) is 7.39. The Morgan fingerprint density at radius 2 is 1.63 bits per heavy atom. The van der Waals surface area contributed by atoms with E-state index >= 15 is 0 Å². The monoisotopic (exact) mass is 687 g/mol. The van der Waals surface area contributed by atoms with E-state index in [4.69, 9.17) is 35.3 Å². The summed E-state index contributed by atoms with van der Waals surface area (Å²) in [6.45, 7) is 4.23. The summed E-state index contributed by atoms with van der Waals surface area (Å²) in [5.74, 6) is 0.836. The highest BCUT2D eigenvalue weighted by molar-refractivity contribution is 6.32. The van der Waals surface area contributed by atoms with E-state index in [1.807, 2.05) is 42.2 Å². The summed E-state index contributed by atoms with van der Waals surface area (Å²) in [4.78, 5) is 25.6. The van der Waals surface area contributed by atoms with E-state index in [-0.39, 0.29) is 18.8 Å². The maximum atomic E-state index is 12.1. The number of fused-ring (bicyclic) bond motifs is 1. The van der Waals surface area contributed by atoms with Crippen molar-refractivity contribution in [2.75, 3.05) is 26.9 Å². The second kappa shape index (κ2) is 15.1. The van der Waals surface area contributed by atoms with Crippen molar-refractivity contribution in [2.45, 2.75) is 52.0 Å². The Labute approximate surface area is 289 Å². The number of benzene rings is 4. The summed E-state index contributed by atoms with van der Waals surface area (Å²) in [6.07, 6.45) is 2.29. The summed E-state index contributed by atoms with van der Waals surface area (Å²) in [5.41, 5.74) is 5.37. The van der Waals surface area contributed by atoms with E-state index in [1.165, 1.54) is 19.2 Å². The van der Waals surface area contributed by atoms with Crippen LogP contribution in [0.5, 0.6) is 28.7 Å². The van der Waals surface area contributed by atoms with Crippen LogP contribution < -0.4 is 23.7 Å². The van der Waals surface area contributed by atoms with E-state index in [0.29, 0.717) is 66.1 Å². The number of carboxylic acids is 2. The molecule has 11 heteroatoms. The van der Waals surface area contributed by atoms with Crippen LogP contribution in [-0.4, -0.2) is 60.0 Å². The first-order valence-corrected chi connectivity index (χ1v) is 16.5. The van der Waals surface area contributed by atoms with Gasteiger partial charge in [-0.15, -0.1) is 0 Å². The van der Waals surface area contributed by atoms with Crippen LogP contribution in [0.1, 0.15) is 51.9 Å². The highest BCUT2D eigenvalue weighted by Crippen LogP contribution is 2.38. The van der Waals surface area contributed by atoms with Crippen molar-refractivity contribution < 1.29 is 43.5 Å². The molecule has 0 radical (unpaired) electrons. The molecular formula is C38H38ClNO9. The first kappa shape index (κ1) is 34.0. The van der Waals surface area contributed by atoms with Crippen molar-refractivity contribution in [2.24, 2.45) is 0 Å². The van der Waals surface area contributed by atoms with Gasteiger partial charge in [0.2, 0.25) is 0 Å². The van der Waals surface area contributed by atoms with Crippen molar-refractivity contribution in [3.05, 3.63) is 99.6 Å². The van der Waals surface area contributed by atoms with Crippen LogP contribution in [0.4, 0.5) is 0 Å². The molecule has 0 aliphatic carbocycles. The second-order valence-corrected chi connectivity index (χ2v) is 12.5. The number of piperidine rings is 1. The van der Waals surface area contributed by atoms with E-state index in [9.17, 15) is 19.8 Å². The smallest absolute Gasteiger partial charge is 0.335 e. The van der Waals surface area contributed by atoms with Gasteiger partial charge >= 0.3 is 11.9 Å². The predicted molar refractivity (Wildman–Crippen MR) is 183 cm³/mol. The average molecular weight is 688 g/mol. The van der Waals surface area contributed by atoms with Crippen molar-refractivity contribution in [1.29, 1.82) is 0 Å². The molecule has 0 saturated carbocycles. The molecule has 0 bridgehead atoms. The molecule has 49 heavy (non-hydrogen) atoms. The minimum atomic E-state index is -1.06. The summed E-state index contributed by atoms with van der Waals surface area (Å²) in [6, 6.07) is 19.4. The third-order valence-electron chi connectivity index (χ3n) is 8.98. The Kier molecular flexibility index (Phi) is 10.5. The van der Waals surface area contributed by atoms with Crippen molar-refractivity contribution >= 4 is 23.5 Å². The molecule has 0 aromatic heterocycles. The number of aliphatic carboxylic acids is 1. The molecule has 6 rings (SSSR count). The fourth-order valence-electron chi connectivity index (χ4n) is 6.32. The molecule has 1 atom stereocenters. The Balaban J connectivity index is 1.28. The lowest BCUT2D eigenvalue weighted by atomic mass is 9.96. The van der Waals surface area contributed by atoms with Gasteiger partial charge in [-0.25, -0.2) is 4.79 Å². The fraction of sp³-hybridized carbons (Fsp3) is 0.316. The second-order valence-electron chi connectivity index (χ2n) is 12.1. The first-order valence-electron chi connectivity index (χ1n) is 16.2. The molecular weight excluding hydrogens is 650 g/mol.